The van der Waals surface area contributed by atoms with Gasteiger partial charge in [0, 0.05) is 23.7 Å². The fourth-order valence-electron chi connectivity index (χ4n) is 4.41. The molecule has 1 N–H and O–H groups in total. The van der Waals surface area contributed by atoms with Crippen molar-refractivity contribution in [2.75, 3.05) is 5.32 Å². The van der Waals surface area contributed by atoms with Crippen molar-refractivity contribution in [1.82, 2.24) is 4.57 Å². The van der Waals surface area contributed by atoms with E-state index in [1.165, 1.54) is 31.5 Å². The minimum Gasteiger partial charge on any atom is -0.869 e. The second-order valence-corrected chi connectivity index (χ2v) is 7.50. The number of pyridine rings is 1. The zero-order valence-corrected chi connectivity index (χ0v) is 20.3. The molecule has 0 atom stereocenters. The summed E-state index contributed by atoms with van der Waals surface area (Å²) in [6, 6.07) is 3.49. The third-order valence-electron chi connectivity index (χ3n) is 5.77. The Morgan fingerprint density at radius 2 is 1.69 bits per heavy atom. The summed E-state index contributed by atoms with van der Waals surface area (Å²) in [7, 11) is 0. The number of nitrogens with one attached hydrogen (secondary N) is 1. The number of benzene rings is 1. The largest absolute Gasteiger partial charge is 1.00 e. The number of fused-ring (bicyclic) bond motifs is 1. The van der Waals surface area contributed by atoms with Gasteiger partial charge >= 0.3 is 58.2 Å². The molecule has 26 heavy (non-hydrogen) atoms. The maximum atomic E-state index is 14.6. The van der Waals surface area contributed by atoms with Crippen LogP contribution in [0.15, 0.2) is 23.1 Å². The Balaban J connectivity index is 0.00000196. The fraction of sp³-hybridized carbons (Fsp3) is 0.550. The van der Waals surface area contributed by atoms with Crippen LogP contribution in [0.5, 0.6) is 5.75 Å². The molecule has 1 aromatic carbocycles. The molecule has 0 saturated heterocycles. The van der Waals surface area contributed by atoms with Gasteiger partial charge in [0.1, 0.15) is 5.82 Å². The molecule has 1 heterocycles. The van der Waals surface area contributed by atoms with Gasteiger partial charge in [0.15, 0.2) is 5.43 Å². The molecule has 0 amide bonds. The van der Waals surface area contributed by atoms with Gasteiger partial charge in [0.2, 0.25) is 0 Å². The summed E-state index contributed by atoms with van der Waals surface area (Å²) in [6.07, 6.45) is 11.3. The number of halogens is 1. The van der Waals surface area contributed by atoms with Crippen molar-refractivity contribution >= 4 is 16.6 Å². The Hall–Kier alpha value is -0.235. The molecule has 0 bridgehead atoms. The molecule has 0 spiro atoms. The van der Waals surface area contributed by atoms with Gasteiger partial charge in [0.05, 0.1) is 11.2 Å². The third kappa shape index (κ3) is 4.11. The van der Waals surface area contributed by atoms with Gasteiger partial charge in [-0.2, -0.15) is 0 Å². The van der Waals surface area contributed by atoms with Crippen molar-refractivity contribution in [3.63, 3.8) is 0 Å². The summed E-state index contributed by atoms with van der Waals surface area (Å²) in [6.45, 7) is 0. The second-order valence-electron chi connectivity index (χ2n) is 7.50. The van der Waals surface area contributed by atoms with Crippen molar-refractivity contribution in [1.29, 1.82) is 0 Å². The van der Waals surface area contributed by atoms with E-state index in [-0.39, 0.29) is 75.7 Å². The van der Waals surface area contributed by atoms with Gasteiger partial charge in [0.25, 0.3) is 0 Å². The third-order valence-corrected chi connectivity index (χ3v) is 5.77. The first-order valence-electron chi connectivity index (χ1n) is 9.45. The summed E-state index contributed by atoms with van der Waals surface area (Å²) in [4.78, 5) is 12.2. The van der Waals surface area contributed by atoms with Crippen LogP contribution in [0.4, 0.5) is 10.1 Å². The number of hydrogen-bond donors (Lipinski definition) is 1. The predicted octanol–water partition coefficient (Wildman–Crippen LogP) is 1.08. The van der Waals surface area contributed by atoms with Crippen LogP contribution in [0.1, 0.15) is 63.8 Å². The smallest absolute Gasteiger partial charge is 0.869 e. The van der Waals surface area contributed by atoms with E-state index in [4.69, 9.17) is 0 Å². The summed E-state index contributed by atoms with van der Waals surface area (Å²) in [5.41, 5.74) is 0.521. The number of aromatic nitrogens is 1. The zero-order valence-electron chi connectivity index (χ0n) is 15.4. The number of hydrogen-bond acceptors (Lipinski definition) is 3. The summed E-state index contributed by atoms with van der Waals surface area (Å²) >= 11 is 0. The average Bonchev–Trinajstić information content (AvgIpc) is 3.15. The molecular formula is C20H24FN2O2Rb. The zero-order chi connectivity index (χ0) is 17.4. The molecule has 1 aromatic heterocycles. The molecule has 4 rings (SSSR count). The Morgan fingerprint density at radius 1 is 1.04 bits per heavy atom. The number of nitrogens with zero attached hydrogens (tertiary/aromatic N) is 1. The SMILES string of the molecule is O=c1c([O-])cn(C2CCCC2)c2cc(NC3CCCCC3)c(F)cc12.[Rb+]. The van der Waals surface area contributed by atoms with Gasteiger partial charge in [-0.15, -0.1) is 0 Å². The first-order chi connectivity index (χ1) is 12.1. The summed E-state index contributed by atoms with van der Waals surface area (Å²) < 4.78 is 16.5. The van der Waals surface area contributed by atoms with Crippen LogP contribution in [0.2, 0.25) is 0 Å². The number of rotatable bonds is 3. The van der Waals surface area contributed by atoms with E-state index in [1.54, 1.807) is 6.07 Å². The molecule has 134 valence electrons. The molecule has 0 radical (unpaired) electrons. The van der Waals surface area contributed by atoms with E-state index in [0.29, 0.717) is 11.2 Å². The summed E-state index contributed by atoms with van der Waals surface area (Å²) in [5.74, 6) is -0.995. The molecule has 2 aliphatic rings. The van der Waals surface area contributed by atoms with E-state index in [2.05, 4.69) is 5.32 Å². The van der Waals surface area contributed by atoms with Crippen LogP contribution in [-0.4, -0.2) is 10.6 Å². The average molecular weight is 429 g/mol. The van der Waals surface area contributed by atoms with E-state index in [1.807, 2.05) is 4.57 Å². The van der Waals surface area contributed by atoms with Crippen LogP contribution < -0.4 is 74.0 Å². The Labute approximate surface area is 202 Å². The predicted molar refractivity (Wildman–Crippen MR) is 95.6 cm³/mol. The van der Waals surface area contributed by atoms with E-state index in [9.17, 15) is 14.3 Å². The normalized spacial score (nSPS) is 18.8. The van der Waals surface area contributed by atoms with E-state index >= 15 is 0 Å². The van der Waals surface area contributed by atoms with Gasteiger partial charge in [-0.1, -0.05) is 32.1 Å². The molecule has 2 fully saturated rings. The van der Waals surface area contributed by atoms with Crippen LogP contribution >= 0.6 is 0 Å². The van der Waals surface area contributed by atoms with Crippen LogP contribution in [-0.2, 0) is 0 Å². The topological polar surface area (TPSA) is 57.1 Å². The Kier molecular flexibility index (Phi) is 6.97. The molecule has 4 nitrogen and oxygen atoms in total. The van der Waals surface area contributed by atoms with Gasteiger partial charge < -0.3 is 15.0 Å². The van der Waals surface area contributed by atoms with E-state index < -0.39 is 17.0 Å². The van der Waals surface area contributed by atoms with Crippen molar-refractivity contribution in [2.24, 2.45) is 0 Å². The molecule has 2 aromatic rings. The van der Waals surface area contributed by atoms with Gasteiger partial charge in [-0.3, -0.25) is 4.79 Å². The Morgan fingerprint density at radius 3 is 2.38 bits per heavy atom. The van der Waals surface area contributed by atoms with Gasteiger partial charge in [-0.25, -0.2) is 4.39 Å². The van der Waals surface area contributed by atoms with Crippen molar-refractivity contribution in [2.45, 2.75) is 69.9 Å². The molecule has 0 aliphatic heterocycles. The number of anilines is 1. The van der Waals surface area contributed by atoms with Crippen molar-refractivity contribution in [3.05, 3.63) is 34.4 Å². The standard InChI is InChI=1S/C20H25FN2O2.Rb/c21-16-10-15-18(11-17(16)22-13-6-2-1-3-7-13)23(12-19(24)20(15)25)14-8-4-5-9-14;/h10-14,22,24H,1-9H2;/q;+1/p-1. The van der Waals surface area contributed by atoms with Crippen LogP contribution in [0, 0.1) is 5.82 Å². The minimum atomic E-state index is -0.604. The van der Waals surface area contributed by atoms with Gasteiger partial charge in [-0.05, 0) is 43.6 Å². The first kappa shape index (κ1) is 20.5. The van der Waals surface area contributed by atoms with Crippen molar-refractivity contribution < 1.29 is 67.7 Å². The maximum absolute atomic E-state index is 14.6. The van der Waals surface area contributed by atoms with E-state index in [0.717, 1.165) is 38.5 Å². The molecule has 2 saturated carbocycles. The van der Waals surface area contributed by atoms with Crippen LogP contribution in [0.25, 0.3) is 10.9 Å². The van der Waals surface area contributed by atoms with Crippen LogP contribution in [0.3, 0.4) is 0 Å². The molecular weight excluding hydrogens is 405 g/mol. The van der Waals surface area contributed by atoms with Crippen molar-refractivity contribution in [3.8, 4) is 5.75 Å². The monoisotopic (exact) mass is 428 g/mol. The summed E-state index contributed by atoms with van der Waals surface area (Å²) in [5, 5.41) is 15.6. The fourth-order valence-corrected chi connectivity index (χ4v) is 4.41. The minimum absolute atomic E-state index is 0. The maximum Gasteiger partial charge on any atom is 1.00 e. The molecule has 0 unspecified atom stereocenters. The quantitative estimate of drug-likeness (QED) is 0.796. The second kappa shape index (κ2) is 8.85. The first-order valence-corrected chi connectivity index (χ1v) is 9.45. The molecule has 6 heteroatoms. The molecule has 2 aliphatic carbocycles. The Bertz CT molecular complexity index is 840.